The number of halogens is 2. The van der Waals surface area contributed by atoms with E-state index in [1.807, 2.05) is 4.90 Å². The number of nitrogens with zero attached hydrogens (tertiary/aromatic N) is 2. The molecule has 1 aromatic heterocycles. The molecule has 1 amide bonds. The predicted octanol–water partition coefficient (Wildman–Crippen LogP) is 5.09. The van der Waals surface area contributed by atoms with Crippen LogP contribution in [0.3, 0.4) is 0 Å². The molecule has 0 unspecified atom stereocenters. The molecule has 2 atom stereocenters. The Bertz CT molecular complexity index is 815. The Hall–Kier alpha value is -1.88. The second kappa shape index (κ2) is 7.03. The Balaban J connectivity index is 1.66. The Labute approximate surface area is 157 Å². The van der Waals surface area contributed by atoms with Crippen molar-refractivity contribution in [3.05, 3.63) is 40.4 Å². The van der Waals surface area contributed by atoms with Crippen LogP contribution in [0.25, 0.3) is 11.3 Å². The van der Waals surface area contributed by atoms with Crippen LogP contribution in [0.5, 0.6) is 0 Å². The lowest BCUT2D eigenvalue weighted by molar-refractivity contribution is 0.0520. The molecular weight excluding hydrogens is 355 g/mol. The summed E-state index contributed by atoms with van der Waals surface area (Å²) in [6.07, 6.45) is 6.04. The van der Waals surface area contributed by atoms with Crippen LogP contribution in [0.15, 0.2) is 22.7 Å². The number of hydrogen-bond acceptors (Lipinski definition) is 3. The molecule has 138 valence electrons. The molecule has 26 heavy (non-hydrogen) atoms. The van der Waals surface area contributed by atoms with E-state index in [9.17, 15) is 9.18 Å². The number of carbonyl (C=O) groups excluding carboxylic acids is 1. The second-order valence-electron chi connectivity index (χ2n) is 7.40. The van der Waals surface area contributed by atoms with Crippen molar-refractivity contribution < 1.29 is 13.7 Å². The monoisotopic (exact) mass is 376 g/mol. The minimum atomic E-state index is -0.508. The molecular formula is C20H22ClFN2O2. The van der Waals surface area contributed by atoms with Crippen molar-refractivity contribution in [2.24, 2.45) is 11.8 Å². The highest BCUT2D eigenvalue weighted by Gasteiger charge is 2.35. The van der Waals surface area contributed by atoms with E-state index in [2.05, 4.69) is 5.16 Å². The third-order valence-corrected chi connectivity index (χ3v) is 6.17. The van der Waals surface area contributed by atoms with Gasteiger partial charge in [-0.15, -0.1) is 0 Å². The highest BCUT2D eigenvalue weighted by atomic mass is 35.5. The van der Waals surface area contributed by atoms with Gasteiger partial charge in [-0.1, -0.05) is 42.1 Å². The van der Waals surface area contributed by atoms with Crippen LogP contribution < -0.4 is 0 Å². The first-order valence-corrected chi connectivity index (χ1v) is 9.64. The number of amides is 1. The van der Waals surface area contributed by atoms with Gasteiger partial charge in [0.2, 0.25) is 0 Å². The number of aryl methyl sites for hydroxylation is 1. The van der Waals surface area contributed by atoms with E-state index in [1.54, 1.807) is 13.0 Å². The summed E-state index contributed by atoms with van der Waals surface area (Å²) in [5.41, 5.74) is 0.648. The lowest BCUT2D eigenvalue weighted by atomic mass is 9.75. The van der Waals surface area contributed by atoms with E-state index in [1.165, 1.54) is 37.8 Å². The van der Waals surface area contributed by atoms with Crippen molar-refractivity contribution in [2.75, 3.05) is 13.1 Å². The van der Waals surface area contributed by atoms with Crippen LogP contribution in [0.4, 0.5) is 4.39 Å². The number of likely N-dealkylation sites (tertiary alicyclic amines) is 1. The zero-order valence-corrected chi connectivity index (χ0v) is 15.6. The molecule has 0 bridgehead atoms. The first kappa shape index (κ1) is 17.5. The largest absolute Gasteiger partial charge is 0.360 e. The molecule has 2 fully saturated rings. The Morgan fingerprint density at radius 2 is 2.04 bits per heavy atom. The summed E-state index contributed by atoms with van der Waals surface area (Å²) >= 11 is 6.18. The van der Waals surface area contributed by atoms with Gasteiger partial charge in [0, 0.05) is 13.1 Å². The van der Waals surface area contributed by atoms with Crippen molar-refractivity contribution in [3.8, 4) is 11.3 Å². The lowest BCUT2D eigenvalue weighted by Gasteiger charge is -2.41. The molecule has 4 rings (SSSR count). The van der Waals surface area contributed by atoms with Crippen LogP contribution in [-0.4, -0.2) is 29.1 Å². The third kappa shape index (κ3) is 3.02. The molecule has 0 N–H and O–H groups in total. The molecule has 1 saturated heterocycles. The minimum Gasteiger partial charge on any atom is -0.360 e. The molecule has 0 spiro atoms. The molecule has 1 aliphatic heterocycles. The number of hydrogen-bond donors (Lipinski definition) is 0. The molecule has 1 aliphatic carbocycles. The van der Waals surface area contributed by atoms with Crippen LogP contribution in [0.1, 0.15) is 48.2 Å². The quantitative estimate of drug-likeness (QED) is 0.732. The summed E-state index contributed by atoms with van der Waals surface area (Å²) < 4.78 is 19.6. The summed E-state index contributed by atoms with van der Waals surface area (Å²) in [5.74, 6) is 1.06. The molecule has 2 heterocycles. The molecule has 6 heteroatoms. The number of carbonyl (C=O) groups is 1. The third-order valence-electron chi connectivity index (χ3n) is 5.85. The van der Waals surface area contributed by atoms with Gasteiger partial charge in [0.1, 0.15) is 22.8 Å². The topological polar surface area (TPSA) is 46.3 Å². The zero-order chi connectivity index (χ0) is 18.3. The highest BCUT2D eigenvalue weighted by molar-refractivity contribution is 6.33. The molecule has 4 nitrogen and oxygen atoms in total. The van der Waals surface area contributed by atoms with Gasteiger partial charge in [0.25, 0.3) is 5.91 Å². The normalized spacial score (nSPS) is 23.0. The van der Waals surface area contributed by atoms with Crippen LogP contribution >= 0.6 is 11.6 Å². The van der Waals surface area contributed by atoms with Gasteiger partial charge in [-0.25, -0.2) is 4.39 Å². The van der Waals surface area contributed by atoms with Gasteiger partial charge in [0.05, 0.1) is 10.6 Å². The smallest absolute Gasteiger partial charge is 0.259 e. The average molecular weight is 377 g/mol. The molecule has 2 aromatic rings. The van der Waals surface area contributed by atoms with Crippen LogP contribution in [0, 0.1) is 24.6 Å². The Kier molecular flexibility index (Phi) is 4.74. The number of rotatable bonds is 2. The van der Waals surface area contributed by atoms with Gasteiger partial charge >= 0.3 is 0 Å². The van der Waals surface area contributed by atoms with E-state index < -0.39 is 5.82 Å². The van der Waals surface area contributed by atoms with Gasteiger partial charge in [-0.2, -0.15) is 0 Å². The fourth-order valence-corrected chi connectivity index (χ4v) is 4.71. The SMILES string of the molecule is Cc1onc(-c2c(F)cccc2Cl)c1C(=O)N1CC[C@H]2CCCC[C@H]2C1. The van der Waals surface area contributed by atoms with E-state index >= 15 is 0 Å². The van der Waals surface area contributed by atoms with Crippen molar-refractivity contribution in [3.63, 3.8) is 0 Å². The standard InChI is InChI=1S/C20H22ClFN2O2/c1-12-17(19(23-26-12)18-15(21)7-4-8-16(18)22)20(25)24-10-9-13-5-2-3-6-14(13)11-24/h4,7-8,13-14H,2-3,5-6,9-11H2,1H3/t13-,14+/m1/s1. The van der Waals surface area contributed by atoms with Crippen molar-refractivity contribution in [2.45, 2.75) is 39.0 Å². The fraction of sp³-hybridized carbons (Fsp3) is 0.500. The van der Waals surface area contributed by atoms with Crippen molar-refractivity contribution in [1.82, 2.24) is 10.1 Å². The number of fused-ring (bicyclic) bond motifs is 1. The Morgan fingerprint density at radius 1 is 1.27 bits per heavy atom. The highest BCUT2D eigenvalue weighted by Crippen LogP contribution is 2.38. The van der Waals surface area contributed by atoms with Crippen LogP contribution in [-0.2, 0) is 0 Å². The van der Waals surface area contributed by atoms with Crippen LogP contribution in [0.2, 0.25) is 5.02 Å². The maximum Gasteiger partial charge on any atom is 0.259 e. The predicted molar refractivity (Wildman–Crippen MR) is 97.6 cm³/mol. The molecule has 2 aliphatic rings. The maximum atomic E-state index is 14.4. The first-order valence-electron chi connectivity index (χ1n) is 9.26. The van der Waals surface area contributed by atoms with E-state index in [-0.39, 0.29) is 22.2 Å². The molecule has 1 saturated carbocycles. The lowest BCUT2D eigenvalue weighted by Crippen LogP contribution is -2.45. The van der Waals surface area contributed by atoms with Crippen molar-refractivity contribution >= 4 is 17.5 Å². The number of benzene rings is 1. The van der Waals surface area contributed by atoms with Crippen molar-refractivity contribution in [1.29, 1.82) is 0 Å². The summed E-state index contributed by atoms with van der Waals surface area (Å²) in [6.45, 7) is 3.18. The van der Waals surface area contributed by atoms with Gasteiger partial charge < -0.3 is 9.42 Å². The summed E-state index contributed by atoms with van der Waals surface area (Å²) in [6, 6.07) is 4.43. The summed E-state index contributed by atoms with van der Waals surface area (Å²) in [5, 5.41) is 4.18. The number of piperidine rings is 1. The average Bonchev–Trinajstić information content (AvgIpc) is 3.02. The zero-order valence-electron chi connectivity index (χ0n) is 14.8. The van der Waals surface area contributed by atoms with E-state index in [4.69, 9.17) is 16.1 Å². The summed E-state index contributed by atoms with van der Waals surface area (Å²) in [4.78, 5) is 15.1. The minimum absolute atomic E-state index is 0.127. The Morgan fingerprint density at radius 3 is 2.81 bits per heavy atom. The van der Waals surface area contributed by atoms with Gasteiger partial charge in [-0.05, 0) is 43.7 Å². The summed E-state index contributed by atoms with van der Waals surface area (Å²) in [7, 11) is 0. The molecule has 1 aromatic carbocycles. The van der Waals surface area contributed by atoms with Gasteiger partial charge in [-0.3, -0.25) is 4.79 Å². The fourth-order valence-electron chi connectivity index (χ4n) is 4.46. The molecule has 0 radical (unpaired) electrons. The number of aromatic nitrogens is 1. The second-order valence-corrected chi connectivity index (χ2v) is 7.81. The van der Waals surface area contributed by atoms with E-state index in [0.29, 0.717) is 17.2 Å². The van der Waals surface area contributed by atoms with E-state index in [0.717, 1.165) is 25.4 Å². The van der Waals surface area contributed by atoms with Gasteiger partial charge in [0.15, 0.2) is 0 Å². The maximum absolute atomic E-state index is 14.4. The first-order chi connectivity index (χ1) is 12.6.